The molecular weight excluding hydrogens is 338 g/mol. The Kier molecular flexibility index (Phi) is 6.92. The Morgan fingerprint density at radius 1 is 1.24 bits per heavy atom. The fourth-order valence-electron chi connectivity index (χ4n) is 2.07. The second-order valence-corrected chi connectivity index (χ2v) is 6.98. The molecule has 3 N–H and O–H groups in total. The van der Waals surface area contributed by atoms with E-state index in [1.807, 2.05) is 45.0 Å². The lowest BCUT2D eigenvalue weighted by molar-refractivity contribution is 0.0920. The molecule has 136 valence electrons. The molecule has 0 aliphatic rings. The maximum atomic E-state index is 10.1. The second kappa shape index (κ2) is 8.94. The molecule has 0 bridgehead atoms. The monoisotopic (exact) mass is 363 g/mol. The zero-order valence-corrected chi connectivity index (χ0v) is 15.6. The average Bonchev–Trinajstić information content (AvgIpc) is 2.59. The molecule has 0 radical (unpaired) electrons. The highest BCUT2D eigenvalue weighted by atomic mass is 32.1. The number of para-hydroxylation sites is 1. The number of nitrogens with one attached hydrogen (secondary N) is 2. The van der Waals surface area contributed by atoms with E-state index in [4.69, 9.17) is 21.7 Å². The molecule has 1 atom stereocenters. The van der Waals surface area contributed by atoms with Crippen LogP contribution in [0, 0.1) is 11.6 Å². The third-order valence-electron chi connectivity index (χ3n) is 3.58. The van der Waals surface area contributed by atoms with Crippen molar-refractivity contribution in [3.63, 3.8) is 0 Å². The molecule has 0 aliphatic carbocycles. The SMILES string of the molecule is Cc1ccccc1OCC(O)CNC(C)(C)COc1ccc(=S)[nH]n1. The van der Waals surface area contributed by atoms with Gasteiger partial charge in [0.1, 0.15) is 29.7 Å². The fourth-order valence-corrected chi connectivity index (χ4v) is 2.19. The first-order valence-corrected chi connectivity index (χ1v) is 8.57. The molecule has 0 amide bonds. The molecule has 2 aromatic rings. The Bertz CT molecular complexity index is 713. The molecule has 25 heavy (non-hydrogen) atoms. The van der Waals surface area contributed by atoms with E-state index in [2.05, 4.69) is 15.5 Å². The molecule has 1 aromatic heterocycles. The summed E-state index contributed by atoms with van der Waals surface area (Å²) in [6.45, 7) is 6.99. The molecule has 0 saturated heterocycles. The number of hydrogen-bond donors (Lipinski definition) is 3. The first kappa shape index (κ1) is 19.4. The van der Waals surface area contributed by atoms with Gasteiger partial charge in [-0.1, -0.05) is 30.4 Å². The van der Waals surface area contributed by atoms with Crippen LogP contribution < -0.4 is 14.8 Å². The number of aryl methyl sites for hydroxylation is 1. The molecule has 2 rings (SSSR count). The lowest BCUT2D eigenvalue weighted by Gasteiger charge is -2.27. The van der Waals surface area contributed by atoms with Crippen LogP contribution in [0.15, 0.2) is 36.4 Å². The van der Waals surface area contributed by atoms with Crippen molar-refractivity contribution < 1.29 is 14.6 Å². The first-order valence-electron chi connectivity index (χ1n) is 8.16. The molecular formula is C18H25N3O3S. The minimum absolute atomic E-state index is 0.228. The van der Waals surface area contributed by atoms with E-state index in [-0.39, 0.29) is 12.1 Å². The molecule has 1 heterocycles. The van der Waals surface area contributed by atoms with Gasteiger partial charge in [0, 0.05) is 18.2 Å². The van der Waals surface area contributed by atoms with Crippen LogP contribution in [0.1, 0.15) is 19.4 Å². The van der Waals surface area contributed by atoms with Crippen LogP contribution in [-0.4, -0.2) is 46.7 Å². The maximum Gasteiger partial charge on any atom is 0.231 e. The summed E-state index contributed by atoms with van der Waals surface area (Å²) in [4.78, 5) is 0. The van der Waals surface area contributed by atoms with Crippen LogP contribution in [-0.2, 0) is 0 Å². The van der Waals surface area contributed by atoms with Crippen molar-refractivity contribution in [1.29, 1.82) is 0 Å². The van der Waals surface area contributed by atoms with Gasteiger partial charge in [-0.25, -0.2) is 0 Å². The van der Waals surface area contributed by atoms with Crippen molar-refractivity contribution >= 4 is 12.2 Å². The largest absolute Gasteiger partial charge is 0.491 e. The lowest BCUT2D eigenvalue weighted by atomic mass is 10.1. The number of aliphatic hydroxyl groups is 1. The van der Waals surface area contributed by atoms with Crippen LogP contribution in [0.4, 0.5) is 0 Å². The van der Waals surface area contributed by atoms with Crippen molar-refractivity contribution in [2.75, 3.05) is 19.8 Å². The van der Waals surface area contributed by atoms with Gasteiger partial charge in [-0.3, -0.25) is 5.10 Å². The summed E-state index contributed by atoms with van der Waals surface area (Å²) < 4.78 is 11.9. The van der Waals surface area contributed by atoms with Crippen molar-refractivity contribution in [3.05, 3.63) is 46.6 Å². The van der Waals surface area contributed by atoms with Crippen molar-refractivity contribution in [3.8, 4) is 11.6 Å². The van der Waals surface area contributed by atoms with Crippen molar-refractivity contribution in [1.82, 2.24) is 15.5 Å². The van der Waals surface area contributed by atoms with Gasteiger partial charge in [0.2, 0.25) is 5.88 Å². The highest BCUT2D eigenvalue weighted by Gasteiger charge is 2.20. The van der Waals surface area contributed by atoms with Gasteiger partial charge in [0.05, 0.1) is 0 Å². The number of rotatable bonds is 9. The van der Waals surface area contributed by atoms with Crippen LogP contribution in [0.2, 0.25) is 0 Å². The molecule has 1 aromatic carbocycles. The Labute approximate surface area is 153 Å². The van der Waals surface area contributed by atoms with E-state index in [0.29, 0.717) is 23.7 Å². The van der Waals surface area contributed by atoms with Gasteiger partial charge in [0.25, 0.3) is 0 Å². The Morgan fingerprint density at radius 2 is 2.00 bits per heavy atom. The summed E-state index contributed by atoms with van der Waals surface area (Å²) in [6, 6.07) is 11.2. The summed E-state index contributed by atoms with van der Waals surface area (Å²) in [5.41, 5.74) is 0.712. The highest BCUT2D eigenvalue weighted by Crippen LogP contribution is 2.16. The number of ether oxygens (including phenoxy) is 2. The van der Waals surface area contributed by atoms with Gasteiger partial charge in [-0.05, 0) is 38.5 Å². The number of hydrogen-bond acceptors (Lipinski definition) is 6. The quantitative estimate of drug-likeness (QED) is 0.595. The van der Waals surface area contributed by atoms with Gasteiger partial charge in [-0.2, -0.15) is 0 Å². The van der Waals surface area contributed by atoms with E-state index >= 15 is 0 Å². The summed E-state index contributed by atoms with van der Waals surface area (Å²) in [5.74, 6) is 1.27. The average molecular weight is 363 g/mol. The number of aliphatic hydroxyl groups excluding tert-OH is 1. The van der Waals surface area contributed by atoms with Gasteiger partial charge >= 0.3 is 0 Å². The van der Waals surface area contributed by atoms with Gasteiger partial charge < -0.3 is 19.9 Å². The van der Waals surface area contributed by atoms with E-state index in [9.17, 15) is 5.11 Å². The molecule has 7 heteroatoms. The smallest absolute Gasteiger partial charge is 0.231 e. The van der Waals surface area contributed by atoms with E-state index < -0.39 is 6.10 Å². The molecule has 6 nitrogen and oxygen atoms in total. The summed E-state index contributed by atoms with van der Waals surface area (Å²) >= 11 is 4.94. The number of β-amino-alcohol motifs (C(OH)–C–C–N with tert-alkyl or cyclic N) is 1. The van der Waals surface area contributed by atoms with E-state index in [0.717, 1.165) is 11.3 Å². The van der Waals surface area contributed by atoms with Gasteiger partial charge in [0.15, 0.2) is 0 Å². The summed E-state index contributed by atoms with van der Waals surface area (Å²) in [7, 11) is 0. The molecule has 0 saturated carbocycles. The van der Waals surface area contributed by atoms with Crippen LogP contribution in [0.3, 0.4) is 0 Å². The minimum Gasteiger partial charge on any atom is -0.491 e. The fraction of sp³-hybridized carbons (Fsp3) is 0.444. The number of aromatic nitrogens is 2. The van der Waals surface area contributed by atoms with Gasteiger partial charge in [-0.15, -0.1) is 5.10 Å². The second-order valence-electron chi connectivity index (χ2n) is 6.54. The third-order valence-corrected chi connectivity index (χ3v) is 3.80. The Balaban J connectivity index is 1.73. The van der Waals surface area contributed by atoms with Crippen LogP contribution in [0.25, 0.3) is 0 Å². The molecule has 1 unspecified atom stereocenters. The normalized spacial score (nSPS) is 12.6. The van der Waals surface area contributed by atoms with E-state index in [1.54, 1.807) is 12.1 Å². The zero-order valence-electron chi connectivity index (χ0n) is 14.8. The van der Waals surface area contributed by atoms with Crippen molar-refractivity contribution in [2.45, 2.75) is 32.4 Å². The highest BCUT2D eigenvalue weighted by molar-refractivity contribution is 7.71. The zero-order chi connectivity index (χ0) is 18.3. The van der Waals surface area contributed by atoms with E-state index in [1.165, 1.54) is 0 Å². The lowest BCUT2D eigenvalue weighted by Crippen LogP contribution is -2.48. The predicted molar refractivity (Wildman–Crippen MR) is 99.7 cm³/mol. The minimum atomic E-state index is -0.621. The molecule has 0 aliphatic heterocycles. The third kappa shape index (κ3) is 6.81. The molecule has 0 spiro atoms. The standard InChI is InChI=1S/C18H25N3O3S/c1-13-6-4-5-7-15(13)23-11-14(22)10-19-18(2,3)12-24-16-8-9-17(25)21-20-16/h4-9,14,19,22H,10-12H2,1-3H3,(H,21,25). The topological polar surface area (TPSA) is 79.4 Å². The first-order chi connectivity index (χ1) is 11.9. The van der Waals surface area contributed by atoms with Crippen LogP contribution >= 0.6 is 12.2 Å². The number of nitrogens with zero attached hydrogens (tertiary/aromatic N) is 1. The summed E-state index contributed by atoms with van der Waals surface area (Å²) in [5, 5.41) is 20.1. The maximum absolute atomic E-state index is 10.1. The number of aromatic amines is 1. The van der Waals surface area contributed by atoms with Crippen molar-refractivity contribution in [2.24, 2.45) is 0 Å². The van der Waals surface area contributed by atoms with Crippen LogP contribution in [0.5, 0.6) is 11.6 Å². The number of benzene rings is 1. The summed E-state index contributed by atoms with van der Waals surface area (Å²) in [6.07, 6.45) is -0.621. The Morgan fingerprint density at radius 3 is 2.68 bits per heavy atom. The predicted octanol–water partition coefficient (Wildman–Crippen LogP) is 2.63. The number of H-pyrrole nitrogens is 1. The Hall–Kier alpha value is -1.96. The molecule has 0 fully saturated rings.